The molecule has 0 bridgehead atoms. The van der Waals surface area contributed by atoms with Gasteiger partial charge in [0.25, 0.3) is 0 Å². The Morgan fingerprint density at radius 1 is 1.12 bits per heavy atom. The number of H-pyrrole nitrogens is 1. The van der Waals surface area contributed by atoms with E-state index in [1.54, 1.807) is 0 Å². The number of aromatic nitrogens is 1. The number of aliphatic carboxylic acids is 1. The SMILES string of the molecule is C[C@@H](CN[C@@H](Cc1c[nH]c2ccccc12)C(=O)O)c1ccccc1. The monoisotopic (exact) mass is 322 g/mol. The molecule has 3 N–H and O–H groups in total. The molecule has 2 atom stereocenters. The predicted molar refractivity (Wildman–Crippen MR) is 96.3 cm³/mol. The number of fused-ring (bicyclic) bond motifs is 1. The Bertz CT molecular complexity index is 811. The van der Waals surface area contributed by atoms with Crippen molar-refractivity contribution in [3.63, 3.8) is 0 Å². The summed E-state index contributed by atoms with van der Waals surface area (Å²) in [7, 11) is 0. The highest BCUT2D eigenvalue weighted by atomic mass is 16.4. The summed E-state index contributed by atoms with van der Waals surface area (Å²) in [5.41, 5.74) is 3.27. The number of nitrogens with one attached hydrogen (secondary N) is 2. The van der Waals surface area contributed by atoms with Crippen LogP contribution in [0, 0.1) is 0 Å². The van der Waals surface area contributed by atoms with Gasteiger partial charge in [-0.15, -0.1) is 0 Å². The Labute approximate surface area is 141 Å². The van der Waals surface area contributed by atoms with Gasteiger partial charge in [-0.2, -0.15) is 0 Å². The molecule has 124 valence electrons. The van der Waals surface area contributed by atoms with E-state index in [2.05, 4.69) is 29.4 Å². The van der Waals surface area contributed by atoms with Crippen molar-refractivity contribution in [2.75, 3.05) is 6.54 Å². The maximum absolute atomic E-state index is 11.6. The molecule has 4 heteroatoms. The van der Waals surface area contributed by atoms with Crippen molar-refractivity contribution in [3.05, 3.63) is 71.9 Å². The van der Waals surface area contributed by atoms with Crippen LogP contribution in [-0.2, 0) is 11.2 Å². The fourth-order valence-electron chi connectivity index (χ4n) is 2.99. The minimum Gasteiger partial charge on any atom is -0.480 e. The van der Waals surface area contributed by atoms with Crippen LogP contribution in [0.25, 0.3) is 10.9 Å². The lowest BCUT2D eigenvalue weighted by molar-refractivity contribution is -0.139. The molecular weight excluding hydrogens is 300 g/mol. The Morgan fingerprint density at radius 3 is 2.58 bits per heavy atom. The molecule has 0 aliphatic carbocycles. The zero-order valence-electron chi connectivity index (χ0n) is 13.7. The first-order valence-corrected chi connectivity index (χ1v) is 8.21. The number of carboxylic acid groups (broad SMARTS) is 1. The van der Waals surface area contributed by atoms with E-state index in [0.29, 0.717) is 13.0 Å². The van der Waals surface area contributed by atoms with E-state index in [9.17, 15) is 9.90 Å². The topological polar surface area (TPSA) is 65.1 Å². The van der Waals surface area contributed by atoms with Crippen molar-refractivity contribution in [1.29, 1.82) is 0 Å². The van der Waals surface area contributed by atoms with Gasteiger partial charge in [0.05, 0.1) is 0 Å². The number of aromatic amines is 1. The van der Waals surface area contributed by atoms with Crippen LogP contribution in [0.5, 0.6) is 0 Å². The van der Waals surface area contributed by atoms with E-state index in [4.69, 9.17) is 0 Å². The standard InChI is InChI=1S/C20H22N2O2/c1-14(15-7-3-2-4-8-15)12-21-19(20(23)24)11-16-13-22-18-10-6-5-9-17(16)18/h2-10,13-14,19,21-22H,11-12H2,1H3,(H,23,24)/t14-,19-/m0/s1. The molecule has 0 saturated heterocycles. The van der Waals surface area contributed by atoms with Gasteiger partial charge in [0.2, 0.25) is 0 Å². The van der Waals surface area contributed by atoms with Gasteiger partial charge < -0.3 is 15.4 Å². The van der Waals surface area contributed by atoms with Gasteiger partial charge in [-0.25, -0.2) is 0 Å². The summed E-state index contributed by atoms with van der Waals surface area (Å²) in [5, 5.41) is 13.8. The summed E-state index contributed by atoms with van der Waals surface area (Å²) in [5.74, 6) is -0.559. The molecule has 0 radical (unpaired) electrons. The summed E-state index contributed by atoms with van der Waals surface area (Å²) in [4.78, 5) is 14.8. The molecule has 3 aromatic rings. The van der Waals surface area contributed by atoms with E-state index in [0.717, 1.165) is 16.5 Å². The van der Waals surface area contributed by atoms with Gasteiger partial charge in [0.1, 0.15) is 6.04 Å². The van der Waals surface area contributed by atoms with Crippen molar-refractivity contribution in [3.8, 4) is 0 Å². The number of para-hydroxylation sites is 1. The third-order valence-corrected chi connectivity index (χ3v) is 4.44. The van der Waals surface area contributed by atoms with Crippen LogP contribution in [-0.4, -0.2) is 28.6 Å². The van der Waals surface area contributed by atoms with Crippen LogP contribution >= 0.6 is 0 Å². The summed E-state index contributed by atoms with van der Waals surface area (Å²) < 4.78 is 0. The molecule has 0 amide bonds. The number of carbonyl (C=O) groups is 1. The molecular formula is C20H22N2O2. The molecule has 0 unspecified atom stereocenters. The van der Waals surface area contributed by atoms with Gasteiger partial charge in [0.15, 0.2) is 0 Å². The van der Waals surface area contributed by atoms with Gasteiger partial charge in [-0.1, -0.05) is 55.5 Å². The average molecular weight is 322 g/mol. The highest BCUT2D eigenvalue weighted by molar-refractivity contribution is 5.84. The van der Waals surface area contributed by atoms with Gasteiger partial charge in [-0.05, 0) is 23.1 Å². The van der Waals surface area contributed by atoms with Crippen LogP contribution in [0.1, 0.15) is 24.0 Å². The Hall–Kier alpha value is -2.59. The fraction of sp³-hybridized carbons (Fsp3) is 0.250. The number of hydrogen-bond donors (Lipinski definition) is 3. The fourth-order valence-corrected chi connectivity index (χ4v) is 2.99. The quantitative estimate of drug-likeness (QED) is 0.623. The van der Waals surface area contributed by atoms with E-state index in [-0.39, 0.29) is 5.92 Å². The predicted octanol–water partition coefficient (Wildman–Crippen LogP) is 3.56. The molecule has 24 heavy (non-hydrogen) atoms. The maximum Gasteiger partial charge on any atom is 0.321 e. The summed E-state index contributed by atoms with van der Waals surface area (Å²) in [6, 6.07) is 17.5. The first-order valence-electron chi connectivity index (χ1n) is 8.21. The molecule has 1 heterocycles. The van der Waals surface area contributed by atoms with Gasteiger partial charge >= 0.3 is 5.97 Å². The molecule has 0 aliphatic rings. The van der Waals surface area contributed by atoms with E-state index < -0.39 is 12.0 Å². The van der Waals surface area contributed by atoms with Gasteiger partial charge in [-0.3, -0.25) is 4.79 Å². The normalized spacial score (nSPS) is 13.7. The van der Waals surface area contributed by atoms with E-state index >= 15 is 0 Å². The zero-order valence-corrected chi connectivity index (χ0v) is 13.7. The lowest BCUT2D eigenvalue weighted by Crippen LogP contribution is -2.40. The van der Waals surface area contributed by atoms with Gasteiger partial charge in [0, 0.05) is 30.1 Å². The van der Waals surface area contributed by atoms with Crippen molar-refractivity contribution >= 4 is 16.9 Å². The molecule has 0 aliphatic heterocycles. The second kappa shape index (κ2) is 7.32. The van der Waals surface area contributed by atoms with Crippen LogP contribution in [0.4, 0.5) is 0 Å². The van der Waals surface area contributed by atoms with Crippen molar-refractivity contribution < 1.29 is 9.90 Å². The highest BCUT2D eigenvalue weighted by Crippen LogP contribution is 2.20. The van der Waals surface area contributed by atoms with E-state index in [1.165, 1.54) is 5.56 Å². The molecule has 0 spiro atoms. The molecule has 2 aromatic carbocycles. The molecule has 0 saturated carbocycles. The lowest BCUT2D eigenvalue weighted by Gasteiger charge is -2.18. The van der Waals surface area contributed by atoms with Crippen molar-refractivity contribution in [2.24, 2.45) is 0 Å². The maximum atomic E-state index is 11.6. The molecule has 1 aromatic heterocycles. The summed E-state index contributed by atoms with van der Waals surface area (Å²) in [6.07, 6.45) is 2.36. The highest BCUT2D eigenvalue weighted by Gasteiger charge is 2.20. The van der Waals surface area contributed by atoms with Crippen molar-refractivity contribution in [2.45, 2.75) is 25.3 Å². The number of hydrogen-bond acceptors (Lipinski definition) is 2. The van der Waals surface area contributed by atoms with Crippen molar-refractivity contribution in [1.82, 2.24) is 10.3 Å². The van der Waals surface area contributed by atoms with E-state index in [1.807, 2.05) is 48.7 Å². The number of carboxylic acids is 1. The minimum absolute atomic E-state index is 0.260. The zero-order chi connectivity index (χ0) is 16.9. The second-order valence-corrected chi connectivity index (χ2v) is 6.17. The third-order valence-electron chi connectivity index (χ3n) is 4.44. The average Bonchev–Trinajstić information content (AvgIpc) is 3.02. The minimum atomic E-state index is -0.819. The Kier molecular flexibility index (Phi) is 4.96. The van der Waals surface area contributed by atoms with Crippen LogP contribution in [0.3, 0.4) is 0 Å². The largest absolute Gasteiger partial charge is 0.480 e. The Balaban J connectivity index is 1.68. The molecule has 3 rings (SSSR count). The number of benzene rings is 2. The number of rotatable bonds is 7. The van der Waals surface area contributed by atoms with Crippen LogP contribution in [0.2, 0.25) is 0 Å². The lowest BCUT2D eigenvalue weighted by atomic mass is 10.00. The summed E-state index contributed by atoms with van der Waals surface area (Å²) >= 11 is 0. The molecule has 4 nitrogen and oxygen atoms in total. The first kappa shape index (κ1) is 16.3. The van der Waals surface area contributed by atoms with Crippen LogP contribution in [0.15, 0.2) is 60.8 Å². The smallest absolute Gasteiger partial charge is 0.321 e. The third kappa shape index (κ3) is 3.66. The Morgan fingerprint density at radius 2 is 1.83 bits per heavy atom. The summed E-state index contributed by atoms with van der Waals surface area (Å²) in [6.45, 7) is 2.73. The van der Waals surface area contributed by atoms with Crippen LogP contribution < -0.4 is 5.32 Å². The first-order chi connectivity index (χ1) is 11.6. The second-order valence-electron chi connectivity index (χ2n) is 6.17. The molecule has 0 fully saturated rings.